The Balaban J connectivity index is 0.974. The lowest BCUT2D eigenvalue weighted by Crippen LogP contribution is -2.55. The standard InChI is InChI=1S/C46H53N5O6Si/c1-31-42(58(2,3)56)40(26-41(53)48-28-34-12-8-7-11-33(34)25-37(48)29-52)57-46(31)38-15-9-10-16-39(38)49(44(46)55)27-32-17-19-35(20-18-32)50-30-51(36-13-5-4-6-14-36)45(43(50)54)21-23-47-24-22-45/h4-20,31,37,40,42,47,52,56H,21-30H2,1-3H3/t31-,37+,40+,42-,46+/m1/s1. The van der Waals surface area contributed by atoms with Gasteiger partial charge in [-0.3, -0.25) is 19.3 Å². The minimum absolute atomic E-state index is 0.00194. The predicted molar refractivity (Wildman–Crippen MR) is 226 cm³/mol. The number of piperidine rings is 1. The molecule has 0 bridgehead atoms. The van der Waals surface area contributed by atoms with Crippen LogP contribution in [-0.2, 0) is 44.2 Å². The summed E-state index contributed by atoms with van der Waals surface area (Å²) < 4.78 is 6.99. The number of aliphatic hydroxyl groups excluding tert-OH is 1. The van der Waals surface area contributed by atoms with Crippen LogP contribution in [-0.4, -0.2) is 84.9 Å². The van der Waals surface area contributed by atoms with Gasteiger partial charge in [0, 0.05) is 34.9 Å². The Morgan fingerprint density at radius 2 is 1.53 bits per heavy atom. The molecule has 0 aromatic heterocycles. The Bertz CT molecular complexity index is 2210. The summed E-state index contributed by atoms with van der Waals surface area (Å²) in [5.41, 5.74) is 4.05. The van der Waals surface area contributed by atoms with Gasteiger partial charge >= 0.3 is 0 Å². The first kappa shape index (κ1) is 38.7. The number of hydrogen-bond acceptors (Lipinski definition) is 8. The van der Waals surface area contributed by atoms with Gasteiger partial charge in [0.15, 0.2) is 13.9 Å². The molecule has 5 heterocycles. The number of amides is 3. The largest absolute Gasteiger partial charge is 0.432 e. The summed E-state index contributed by atoms with van der Waals surface area (Å²) in [6.07, 6.45) is 1.33. The molecule has 5 atom stereocenters. The summed E-state index contributed by atoms with van der Waals surface area (Å²) in [6, 6.07) is 33.5. The zero-order chi connectivity index (χ0) is 40.4. The predicted octanol–water partition coefficient (Wildman–Crippen LogP) is 5.30. The van der Waals surface area contributed by atoms with Crippen molar-refractivity contribution >= 4 is 43.1 Å². The van der Waals surface area contributed by atoms with Crippen LogP contribution in [0, 0.1) is 5.92 Å². The molecule has 0 unspecified atom stereocenters. The molecule has 4 aromatic carbocycles. The van der Waals surface area contributed by atoms with Crippen molar-refractivity contribution in [3.05, 3.63) is 125 Å². The summed E-state index contributed by atoms with van der Waals surface area (Å²) >= 11 is 0. The number of nitrogens with one attached hydrogen (secondary N) is 1. The molecule has 3 fully saturated rings. The third-order valence-corrected chi connectivity index (χ3v) is 16.2. The van der Waals surface area contributed by atoms with Crippen LogP contribution in [0.25, 0.3) is 0 Å². The van der Waals surface area contributed by atoms with Crippen LogP contribution in [0.15, 0.2) is 103 Å². The van der Waals surface area contributed by atoms with E-state index < -0.39 is 37.0 Å². The van der Waals surface area contributed by atoms with Gasteiger partial charge in [-0.2, -0.15) is 0 Å². The van der Waals surface area contributed by atoms with Crippen LogP contribution in [0.2, 0.25) is 18.6 Å². The number of benzene rings is 4. The lowest BCUT2D eigenvalue weighted by molar-refractivity contribution is -0.151. The minimum atomic E-state index is -3.01. The zero-order valence-electron chi connectivity index (χ0n) is 33.5. The summed E-state index contributed by atoms with van der Waals surface area (Å²) in [6.45, 7) is 8.26. The highest BCUT2D eigenvalue weighted by Crippen LogP contribution is 2.60. The summed E-state index contributed by atoms with van der Waals surface area (Å²) in [4.78, 5) is 63.0. The maximum atomic E-state index is 15.0. The molecule has 0 saturated carbocycles. The second kappa shape index (κ2) is 14.8. The third kappa shape index (κ3) is 6.19. The average molecular weight is 800 g/mol. The fourth-order valence-electron chi connectivity index (χ4n) is 10.9. The van der Waals surface area contributed by atoms with Crippen LogP contribution >= 0.6 is 0 Å². The molecule has 5 aliphatic heterocycles. The Morgan fingerprint density at radius 3 is 2.24 bits per heavy atom. The van der Waals surface area contributed by atoms with Crippen molar-refractivity contribution in [2.75, 3.05) is 41.1 Å². The zero-order valence-corrected chi connectivity index (χ0v) is 34.5. The van der Waals surface area contributed by atoms with Gasteiger partial charge < -0.3 is 34.7 Å². The van der Waals surface area contributed by atoms with Crippen molar-refractivity contribution in [2.45, 2.75) is 87.6 Å². The van der Waals surface area contributed by atoms with Crippen LogP contribution in [0.5, 0.6) is 0 Å². The van der Waals surface area contributed by atoms with Gasteiger partial charge in [0.2, 0.25) is 5.91 Å². The van der Waals surface area contributed by atoms with Crippen LogP contribution in [0.4, 0.5) is 17.1 Å². The van der Waals surface area contributed by atoms with E-state index in [2.05, 4.69) is 22.3 Å². The van der Waals surface area contributed by atoms with E-state index in [4.69, 9.17) is 4.74 Å². The van der Waals surface area contributed by atoms with Gasteiger partial charge in [-0.15, -0.1) is 0 Å². The molecular weight excluding hydrogens is 747 g/mol. The first-order valence-corrected chi connectivity index (χ1v) is 23.7. The fraction of sp³-hybridized carbons (Fsp3) is 0.413. The average Bonchev–Trinajstić information content (AvgIpc) is 3.78. The van der Waals surface area contributed by atoms with Gasteiger partial charge in [0.1, 0.15) is 5.54 Å². The SMILES string of the molecule is C[C@@H]1[C@@H]([Si](C)(C)O)[C@H](CC(=O)N2Cc3ccccc3C[C@H]2CO)O[C@@]12C(=O)N(Cc1ccc(N3CN(c4ccccc4)C4(CCNCC4)C3=O)cc1)c1ccccc12. The second-order valence-electron chi connectivity index (χ2n) is 17.4. The van der Waals surface area contributed by atoms with E-state index in [-0.39, 0.29) is 43.3 Å². The molecule has 11 nitrogen and oxygen atoms in total. The summed E-state index contributed by atoms with van der Waals surface area (Å²) in [5.74, 6) is -0.663. The van der Waals surface area contributed by atoms with E-state index in [1.165, 1.54) is 0 Å². The first-order valence-electron chi connectivity index (χ1n) is 20.7. The normalized spacial score (nSPS) is 26.5. The van der Waals surface area contributed by atoms with E-state index in [0.717, 1.165) is 65.2 Å². The summed E-state index contributed by atoms with van der Waals surface area (Å²) in [5, 5.41) is 13.8. The van der Waals surface area contributed by atoms with Gasteiger partial charge in [-0.25, -0.2) is 0 Å². The molecule has 9 rings (SSSR count). The Kier molecular flexibility index (Phi) is 9.83. The number of nitrogens with zero attached hydrogens (tertiary/aromatic N) is 4. The van der Waals surface area contributed by atoms with Crippen molar-refractivity contribution in [1.29, 1.82) is 0 Å². The molecule has 58 heavy (non-hydrogen) atoms. The molecule has 12 heteroatoms. The number of hydrogen-bond donors (Lipinski definition) is 3. The van der Waals surface area contributed by atoms with Crippen molar-refractivity contribution in [2.24, 2.45) is 5.92 Å². The van der Waals surface area contributed by atoms with Crippen molar-refractivity contribution in [3.63, 3.8) is 0 Å². The summed E-state index contributed by atoms with van der Waals surface area (Å²) in [7, 11) is -3.01. The number of carbonyl (C=O) groups excluding carboxylic acids is 3. The maximum Gasteiger partial charge on any atom is 0.264 e. The smallest absolute Gasteiger partial charge is 0.264 e. The molecule has 3 saturated heterocycles. The molecule has 3 N–H and O–H groups in total. The number of aliphatic hydroxyl groups is 1. The lowest BCUT2D eigenvalue weighted by atomic mass is 9.82. The highest BCUT2D eigenvalue weighted by atomic mass is 28.4. The molecule has 4 aromatic rings. The van der Waals surface area contributed by atoms with Gasteiger partial charge in [0.05, 0.1) is 44.1 Å². The number of ether oxygens (including phenoxy) is 1. The number of fused-ring (bicyclic) bond motifs is 3. The fourth-order valence-corrected chi connectivity index (χ4v) is 13.4. The van der Waals surface area contributed by atoms with E-state index in [9.17, 15) is 19.5 Å². The Morgan fingerprint density at radius 1 is 0.862 bits per heavy atom. The van der Waals surface area contributed by atoms with Crippen molar-refractivity contribution in [1.82, 2.24) is 10.2 Å². The Labute approximate surface area is 341 Å². The highest BCUT2D eigenvalue weighted by Gasteiger charge is 2.66. The topological polar surface area (TPSA) is 126 Å². The maximum absolute atomic E-state index is 15.0. The number of rotatable bonds is 8. The van der Waals surface area contributed by atoms with Crippen LogP contribution in [0.1, 0.15) is 48.4 Å². The van der Waals surface area contributed by atoms with Gasteiger partial charge in [-0.05, 0) is 92.5 Å². The molecular formula is C46H53N5O6Si. The van der Waals surface area contributed by atoms with Crippen molar-refractivity contribution < 1.29 is 29.0 Å². The number of carbonyl (C=O) groups is 3. The molecule has 0 aliphatic carbocycles. The minimum Gasteiger partial charge on any atom is -0.432 e. The van der Waals surface area contributed by atoms with Gasteiger partial charge in [-0.1, -0.05) is 79.7 Å². The van der Waals surface area contributed by atoms with E-state index in [1.54, 1.807) is 9.80 Å². The molecule has 302 valence electrons. The first-order chi connectivity index (χ1) is 28.0. The van der Waals surface area contributed by atoms with E-state index in [0.29, 0.717) is 19.6 Å². The molecule has 5 aliphatic rings. The monoisotopic (exact) mass is 799 g/mol. The number of para-hydroxylation sites is 2. The highest BCUT2D eigenvalue weighted by molar-refractivity contribution is 6.71. The van der Waals surface area contributed by atoms with Crippen molar-refractivity contribution in [3.8, 4) is 0 Å². The quantitative estimate of drug-likeness (QED) is 0.205. The molecule has 2 spiro atoms. The number of anilines is 3. The third-order valence-electron chi connectivity index (χ3n) is 13.7. The second-order valence-corrected chi connectivity index (χ2v) is 21.4. The van der Waals surface area contributed by atoms with Gasteiger partial charge in [0.25, 0.3) is 11.8 Å². The lowest BCUT2D eigenvalue weighted by Gasteiger charge is -2.39. The Hall–Kier alpha value is -4.85. The van der Waals surface area contributed by atoms with Crippen LogP contribution in [0.3, 0.4) is 0 Å². The molecule has 3 amide bonds. The van der Waals surface area contributed by atoms with Crippen LogP contribution < -0.4 is 20.0 Å². The van der Waals surface area contributed by atoms with E-state index >= 15 is 4.79 Å². The molecule has 0 radical (unpaired) electrons. The van der Waals surface area contributed by atoms with E-state index in [1.807, 2.05) is 116 Å².